The van der Waals surface area contributed by atoms with Crippen LogP contribution in [0.5, 0.6) is 0 Å². The van der Waals surface area contributed by atoms with Gasteiger partial charge in [0.05, 0.1) is 0 Å². The summed E-state index contributed by atoms with van der Waals surface area (Å²) in [6.07, 6.45) is 3.83. The van der Waals surface area contributed by atoms with Gasteiger partial charge < -0.3 is 10.4 Å². The SMILES string of the molecule is CC/C=C(\CC)NC(C)(N)O. The Morgan fingerprint density at radius 1 is 1.64 bits per heavy atom. The standard InChI is InChI=1S/C8H18N2O/c1-4-6-7(5-2)10-8(3,9)11/h6,10-11H,4-5,9H2,1-3H3/b7-6+. The van der Waals surface area contributed by atoms with Crippen LogP contribution in [0.1, 0.15) is 33.6 Å². The maximum Gasteiger partial charge on any atom is 0.187 e. The van der Waals surface area contributed by atoms with E-state index in [4.69, 9.17) is 5.73 Å². The second-order valence-corrected chi connectivity index (χ2v) is 2.76. The van der Waals surface area contributed by atoms with E-state index in [1.807, 2.05) is 19.9 Å². The Morgan fingerprint density at radius 3 is 2.45 bits per heavy atom. The summed E-state index contributed by atoms with van der Waals surface area (Å²) in [5.41, 5.74) is 6.33. The average Bonchev–Trinajstić information content (AvgIpc) is 1.84. The molecule has 0 fully saturated rings. The van der Waals surface area contributed by atoms with Gasteiger partial charge in [-0.25, -0.2) is 0 Å². The van der Waals surface area contributed by atoms with Crippen molar-refractivity contribution in [2.24, 2.45) is 5.73 Å². The van der Waals surface area contributed by atoms with Crippen LogP contribution in [0.3, 0.4) is 0 Å². The summed E-state index contributed by atoms with van der Waals surface area (Å²) in [4.78, 5) is 0. The monoisotopic (exact) mass is 158 g/mol. The molecule has 0 aliphatic carbocycles. The van der Waals surface area contributed by atoms with Crippen LogP contribution in [0.2, 0.25) is 0 Å². The van der Waals surface area contributed by atoms with Crippen LogP contribution in [0.15, 0.2) is 11.8 Å². The van der Waals surface area contributed by atoms with Gasteiger partial charge in [0.15, 0.2) is 5.85 Å². The zero-order valence-electron chi connectivity index (χ0n) is 7.52. The van der Waals surface area contributed by atoms with Gasteiger partial charge in [0.1, 0.15) is 0 Å². The van der Waals surface area contributed by atoms with Crippen LogP contribution < -0.4 is 11.1 Å². The van der Waals surface area contributed by atoms with Gasteiger partial charge >= 0.3 is 0 Å². The molecule has 0 spiro atoms. The number of rotatable bonds is 4. The third-order valence-corrected chi connectivity index (χ3v) is 1.25. The molecule has 0 rings (SSSR count). The zero-order valence-corrected chi connectivity index (χ0v) is 7.52. The van der Waals surface area contributed by atoms with Crippen molar-refractivity contribution in [3.8, 4) is 0 Å². The van der Waals surface area contributed by atoms with E-state index >= 15 is 0 Å². The molecule has 66 valence electrons. The highest BCUT2D eigenvalue weighted by atomic mass is 16.3. The summed E-state index contributed by atoms with van der Waals surface area (Å²) >= 11 is 0. The molecular weight excluding hydrogens is 140 g/mol. The molecule has 0 aliphatic rings. The smallest absolute Gasteiger partial charge is 0.187 e. The Hall–Kier alpha value is -0.540. The Balaban J connectivity index is 3.99. The number of nitrogens with one attached hydrogen (secondary N) is 1. The van der Waals surface area contributed by atoms with E-state index in [1.165, 1.54) is 6.92 Å². The minimum Gasteiger partial charge on any atom is -0.359 e. The molecular formula is C8H18N2O. The van der Waals surface area contributed by atoms with E-state index < -0.39 is 5.85 Å². The molecule has 0 aliphatic heterocycles. The molecule has 0 aromatic carbocycles. The van der Waals surface area contributed by atoms with Gasteiger partial charge in [0, 0.05) is 5.70 Å². The molecule has 0 aromatic rings. The van der Waals surface area contributed by atoms with Gasteiger partial charge in [-0.2, -0.15) is 0 Å². The molecule has 3 heteroatoms. The minimum absolute atomic E-state index is 0.862. The van der Waals surface area contributed by atoms with Crippen LogP contribution >= 0.6 is 0 Å². The first-order valence-corrected chi connectivity index (χ1v) is 3.98. The van der Waals surface area contributed by atoms with Gasteiger partial charge in [-0.3, -0.25) is 5.73 Å². The first kappa shape index (κ1) is 10.5. The van der Waals surface area contributed by atoms with Gasteiger partial charge in [0.2, 0.25) is 0 Å². The second-order valence-electron chi connectivity index (χ2n) is 2.76. The fourth-order valence-electron chi connectivity index (χ4n) is 0.855. The van der Waals surface area contributed by atoms with Crippen LogP contribution in [0.25, 0.3) is 0 Å². The van der Waals surface area contributed by atoms with E-state index in [-0.39, 0.29) is 0 Å². The van der Waals surface area contributed by atoms with Crippen molar-refractivity contribution >= 4 is 0 Å². The highest BCUT2D eigenvalue weighted by Crippen LogP contribution is 2.01. The van der Waals surface area contributed by atoms with E-state index in [9.17, 15) is 5.11 Å². The third-order valence-electron chi connectivity index (χ3n) is 1.25. The first-order chi connectivity index (χ1) is 4.99. The second kappa shape index (κ2) is 4.36. The van der Waals surface area contributed by atoms with Crippen molar-refractivity contribution in [1.82, 2.24) is 5.32 Å². The quantitative estimate of drug-likeness (QED) is 0.533. The average molecular weight is 158 g/mol. The fraction of sp³-hybridized carbons (Fsp3) is 0.750. The van der Waals surface area contributed by atoms with Gasteiger partial charge in [-0.05, 0) is 19.8 Å². The molecule has 0 saturated heterocycles. The fourth-order valence-corrected chi connectivity index (χ4v) is 0.855. The van der Waals surface area contributed by atoms with E-state index in [2.05, 4.69) is 5.32 Å². The third kappa shape index (κ3) is 5.88. The van der Waals surface area contributed by atoms with Crippen molar-refractivity contribution in [1.29, 1.82) is 0 Å². The van der Waals surface area contributed by atoms with Crippen molar-refractivity contribution in [3.05, 3.63) is 11.8 Å². The Bertz CT molecular complexity index is 136. The number of hydrogen-bond donors (Lipinski definition) is 3. The highest BCUT2D eigenvalue weighted by molar-refractivity contribution is 4.99. The molecule has 0 radical (unpaired) electrons. The normalized spacial score (nSPS) is 17.7. The van der Waals surface area contributed by atoms with Crippen molar-refractivity contribution in [2.45, 2.75) is 39.5 Å². The largest absolute Gasteiger partial charge is 0.359 e. The predicted octanol–water partition coefficient (Wildman–Crippen LogP) is 0.905. The molecule has 0 heterocycles. The lowest BCUT2D eigenvalue weighted by molar-refractivity contribution is 0.0405. The highest BCUT2D eigenvalue weighted by Gasteiger charge is 2.11. The first-order valence-electron chi connectivity index (χ1n) is 3.98. The molecule has 11 heavy (non-hydrogen) atoms. The van der Waals surface area contributed by atoms with Crippen LogP contribution in [-0.4, -0.2) is 11.0 Å². The number of hydrogen-bond acceptors (Lipinski definition) is 3. The molecule has 0 aromatic heterocycles. The number of allylic oxidation sites excluding steroid dienone is 2. The molecule has 0 amide bonds. The van der Waals surface area contributed by atoms with Crippen molar-refractivity contribution in [2.75, 3.05) is 0 Å². The molecule has 4 N–H and O–H groups in total. The summed E-state index contributed by atoms with van der Waals surface area (Å²) in [6.45, 7) is 5.58. The number of aliphatic hydroxyl groups is 1. The van der Waals surface area contributed by atoms with Crippen molar-refractivity contribution < 1.29 is 5.11 Å². The van der Waals surface area contributed by atoms with Gasteiger partial charge in [0.25, 0.3) is 0 Å². The molecule has 0 saturated carbocycles. The lowest BCUT2D eigenvalue weighted by atomic mass is 10.2. The molecule has 3 nitrogen and oxygen atoms in total. The van der Waals surface area contributed by atoms with E-state index in [1.54, 1.807) is 0 Å². The lowest BCUT2D eigenvalue weighted by Crippen LogP contribution is -2.49. The maximum absolute atomic E-state index is 9.17. The van der Waals surface area contributed by atoms with Gasteiger partial charge in [-0.15, -0.1) is 0 Å². The molecule has 1 unspecified atom stereocenters. The topological polar surface area (TPSA) is 58.3 Å². The van der Waals surface area contributed by atoms with Crippen molar-refractivity contribution in [3.63, 3.8) is 0 Å². The summed E-state index contributed by atoms with van der Waals surface area (Å²) in [5, 5.41) is 12.0. The summed E-state index contributed by atoms with van der Waals surface area (Å²) < 4.78 is 0. The maximum atomic E-state index is 9.17. The van der Waals surface area contributed by atoms with Crippen LogP contribution in [0.4, 0.5) is 0 Å². The van der Waals surface area contributed by atoms with Crippen LogP contribution in [-0.2, 0) is 0 Å². The van der Waals surface area contributed by atoms with E-state index in [0.29, 0.717) is 0 Å². The minimum atomic E-state index is -1.29. The molecule has 1 atom stereocenters. The van der Waals surface area contributed by atoms with Gasteiger partial charge in [-0.1, -0.05) is 19.9 Å². The Kier molecular flexibility index (Phi) is 4.15. The Labute approximate surface area is 68.3 Å². The number of nitrogens with two attached hydrogens (primary N) is 1. The predicted molar refractivity (Wildman–Crippen MR) is 46.6 cm³/mol. The lowest BCUT2D eigenvalue weighted by Gasteiger charge is -2.22. The van der Waals surface area contributed by atoms with E-state index in [0.717, 1.165) is 18.5 Å². The van der Waals surface area contributed by atoms with Crippen LogP contribution in [0, 0.1) is 0 Å². The summed E-state index contributed by atoms with van der Waals surface area (Å²) in [7, 11) is 0. The summed E-state index contributed by atoms with van der Waals surface area (Å²) in [6, 6.07) is 0. The zero-order chi connectivity index (χ0) is 8.91. The summed E-state index contributed by atoms with van der Waals surface area (Å²) in [5.74, 6) is -1.29. The molecule has 0 bridgehead atoms. The Morgan fingerprint density at radius 2 is 2.18 bits per heavy atom.